The van der Waals surface area contributed by atoms with Gasteiger partial charge in [0.05, 0.1) is 0 Å². The third-order valence-electron chi connectivity index (χ3n) is 1.94. The summed E-state index contributed by atoms with van der Waals surface area (Å²) in [5.41, 5.74) is 5.58. The molecule has 0 aromatic carbocycles. The third-order valence-corrected chi connectivity index (χ3v) is 1.94. The molecule has 1 aliphatic heterocycles. The summed E-state index contributed by atoms with van der Waals surface area (Å²) in [6, 6.07) is -0.379. The molecular formula is C9H16N4O2. The van der Waals surface area contributed by atoms with E-state index in [2.05, 4.69) is 15.6 Å². The number of carbonyl (C=O) groups is 2. The number of imide groups is 1. The molecule has 4 N–H and O–H groups in total. The summed E-state index contributed by atoms with van der Waals surface area (Å²) < 4.78 is 0. The van der Waals surface area contributed by atoms with Gasteiger partial charge in [-0.2, -0.15) is 0 Å². The van der Waals surface area contributed by atoms with Gasteiger partial charge >= 0.3 is 0 Å². The average Bonchev–Trinajstić information content (AvgIpc) is 2.08. The van der Waals surface area contributed by atoms with E-state index in [1.807, 2.05) is 13.8 Å². The van der Waals surface area contributed by atoms with Crippen LogP contribution in [0.15, 0.2) is 4.99 Å². The van der Waals surface area contributed by atoms with Crippen molar-refractivity contribution in [2.45, 2.75) is 38.8 Å². The molecule has 84 valence electrons. The smallest absolute Gasteiger partial charge is 0.251 e. The van der Waals surface area contributed by atoms with Crippen LogP contribution in [0, 0.1) is 0 Å². The molecule has 0 spiro atoms. The molecule has 1 unspecified atom stereocenters. The molecule has 15 heavy (non-hydrogen) atoms. The molecule has 1 saturated heterocycles. The van der Waals surface area contributed by atoms with E-state index in [1.165, 1.54) is 0 Å². The Balaban J connectivity index is 2.57. The van der Waals surface area contributed by atoms with Crippen LogP contribution in [0.1, 0.15) is 26.7 Å². The van der Waals surface area contributed by atoms with Crippen molar-refractivity contribution in [3.63, 3.8) is 0 Å². The number of rotatable bonds is 2. The van der Waals surface area contributed by atoms with E-state index in [0.717, 1.165) is 0 Å². The molecular weight excluding hydrogens is 196 g/mol. The molecule has 0 bridgehead atoms. The second kappa shape index (κ2) is 4.77. The van der Waals surface area contributed by atoms with Crippen LogP contribution >= 0.6 is 0 Å². The topological polar surface area (TPSA) is 96.6 Å². The lowest BCUT2D eigenvalue weighted by Gasteiger charge is -2.18. The Morgan fingerprint density at radius 3 is 2.80 bits per heavy atom. The van der Waals surface area contributed by atoms with E-state index in [4.69, 9.17) is 5.73 Å². The van der Waals surface area contributed by atoms with Crippen LogP contribution in [0.3, 0.4) is 0 Å². The quantitative estimate of drug-likeness (QED) is 0.314. The number of nitrogens with one attached hydrogen (secondary N) is 2. The van der Waals surface area contributed by atoms with E-state index in [0.29, 0.717) is 12.8 Å². The summed E-state index contributed by atoms with van der Waals surface area (Å²) in [6.45, 7) is 3.85. The van der Waals surface area contributed by atoms with Gasteiger partial charge in [0.2, 0.25) is 5.91 Å². The molecule has 0 saturated carbocycles. The number of aliphatic imine (C=N–C) groups is 1. The molecule has 6 heteroatoms. The van der Waals surface area contributed by atoms with Crippen LogP contribution in [0.25, 0.3) is 0 Å². The van der Waals surface area contributed by atoms with Crippen molar-refractivity contribution in [2.24, 2.45) is 10.7 Å². The van der Waals surface area contributed by atoms with Gasteiger partial charge in [0.25, 0.3) is 5.91 Å². The Morgan fingerprint density at radius 1 is 1.60 bits per heavy atom. The highest BCUT2D eigenvalue weighted by atomic mass is 16.2. The van der Waals surface area contributed by atoms with Gasteiger partial charge in [-0.05, 0) is 20.3 Å². The van der Waals surface area contributed by atoms with Crippen LogP contribution in [-0.2, 0) is 9.59 Å². The number of guanidine groups is 1. The molecule has 1 aliphatic rings. The summed E-state index contributed by atoms with van der Waals surface area (Å²) in [5.74, 6) is -0.388. The van der Waals surface area contributed by atoms with Crippen molar-refractivity contribution < 1.29 is 9.59 Å². The van der Waals surface area contributed by atoms with Crippen LogP contribution < -0.4 is 16.4 Å². The first-order chi connectivity index (χ1) is 6.99. The third kappa shape index (κ3) is 3.57. The van der Waals surface area contributed by atoms with Crippen LogP contribution in [0.5, 0.6) is 0 Å². The van der Waals surface area contributed by atoms with Crippen molar-refractivity contribution >= 4 is 17.8 Å². The molecule has 0 aromatic heterocycles. The molecule has 0 aromatic rings. The van der Waals surface area contributed by atoms with Gasteiger partial charge in [0.15, 0.2) is 5.96 Å². The van der Waals surface area contributed by atoms with E-state index < -0.39 is 6.04 Å². The average molecular weight is 212 g/mol. The van der Waals surface area contributed by atoms with Gasteiger partial charge in [-0.25, -0.2) is 4.99 Å². The Bertz CT molecular complexity index is 298. The lowest BCUT2D eigenvalue weighted by atomic mass is 10.1. The van der Waals surface area contributed by atoms with Gasteiger partial charge in [-0.1, -0.05) is 0 Å². The first kappa shape index (κ1) is 11.5. The van der Waals surface area contributed by atoms with Crippen LogP contribution in [0.4, 0.5) is 0 Å². The lowest BCUT2D eigenvalue weighted by molar-refractivity contribution is -0.133. The monoisotopic (exact) mass is 212 g/mol. The molecule has 0 radical (unpaired) electrons. The number of hydrogen-bond acceptors (Lipinski definition) is 3. The first-order valence-corrected chi connectivity index (χ1v) is 4.92. The maximum Gasteiger partial charge on any atom is 0.251 e. The molecule has 2 amide bonds. The van der Waals surface area contributed by atoms with Gasteiger partial charge in [0.1, 0.15) is 6.04 Å². The van der Waals surface area contributed by atoms with E-state index in [9.17, 15) is 9.59 Å². The largest absolute Gasteiger partial charge is 0.370 e. The SMILES string of the molecule is CC(C)NC(N)=NC1CCC(=O)NC1=O. The zero-order valence-electron chi connectivity index (χ0n) is 8.91. The normalized spacial score (nSPS) is 22.9. The zero-order chi connectivity index (χ0) is 11.4. The number of nitrogens with zero attached hydrogens (tertiary/aromatic N) is 1. The maximum absolute atomic E-state index is 11.3. The number of amides is 2. The summed E-state index contributed by atoms with van der Waals surface area (Å²) in [6.07, 6.45) is 0.736. The van der Waals surface area contributed by atoms with Crippen LogP contribution in [-0.4, -0.2) is 29.9 Å². The van der Waals surface area contributed by atoms with Crippen molar-refractivity contribution in [1.82, 2.24) is 10.6 Å². The van der Waals surface area contributed by atoms with E-state index >= 15 is 0 Å². The van der Waals surface area contributed by atoms with Gasteiger partial charge in [-0.3, -0.25) is 14.9 Å². The highest BCUT2D eigenvalue weighted by Gasteiger charge is 2.26. The molecule has 1 fully saturated rings. The van der Waals surface area contributed by atoms with Gasteiger partial charge in [-0.15, -0.1) is 0 Å². The van der Waals surface area contributed by atoms with Crippen molar-refractivity contribution in [3.8, 4) is 0 Å². The molecule has 6 nitrogen and oxygen atoms in total. The van der Waals surface area contributed by atoms with Crippen molar-refractivity contribution in [3.05, 3.63) is 0 Å². The van der Waals surface area contributed by atoms with Crippen molar-refractivity contribution in [1.29, 1.82) is 0 Å². The highest BCUT2D eigenvalue weighted by Crippen LogP contribution is 2.07. The first-order valence-electron chi connectivity index (χ1n) is 4.92. The number of carbonyl (C=O) groups excluding carboxylic acids is 2. The van der Waals surface area contributed by atoms with Crippen molar-refractivity contribution in [2.75, 3.05) is 0 Å². The fourth-order valence-corrected chi connectivity index (χ4v) is 1.31. The lowest BCUT2D eigenvalue weighted by Crippen LogP contribution is -2.45. The summed E-state index contributed by atoms with van der Waals surface area (Å²) >= 11 is 0. The molecule has 0 aliphatic carbocycles. The Hall–Kier alpha value is -1.59. The number of piperidine rings is 1. The molecule has 1 rings (SSSR count). The maximum atomic E-state index is 11.3. The van der Waals surface area contributed by atoms with Gasteiger partial charge < -0.3 is 11.1 Å². The Kier molecular flexibility index (Phi) is 3.65. The minimum atomic E-state index is -0.547. The summed E-state index contributed by atoms with van der Waals surface area (Å²) in [5, 5.41) is 5.10. The van der Waals surface area contributed by atoms with E-state index in [1.54, 1.807) is 0 Å². The summed E-state index contributed by atoms with van der Waals surface area (Å²) in [4.78, 5) is 26.2. The fraction of sp³-hybridized carbons (Fsp3) is 0.667. The Morgan fingerprint density at radius 2 is 2.27 bits per heavy atom. The van der Waals surface area contributed by atoms with Gasteiger partial charge in [0, 0.05) is 12.5 Å². The Labute approximate surface area is 88.3 Å². The minimum Gasteiger partial charge on any atom is -0.370 e. The number of hydrogen-bond donors (Lipinski definition) is 3. The fourth-order valence-electron chi connectivity index (χ4n) is 1.31. The number of nitrogens with two attached hydrogens (primary N) is 1. The highest BCUT2D eigenvalue weighted by molar-refractivity contribution is 6.01. The standard InChI is InChI=1S/C9H16N4O2/c1-5(2)11-9(10)12-6-3-4-7(14)13-8(6)15/h5-6H,3-4H2,1-2H3,(H3,10,11,12)(H,13,14,15). The molecule has 1 atom stereocenters. The second-order valence-corrected chi connectivity index (χ2v) is 3.78. The minimum absolute atomic E-state index is 0.169. The second-order valence-electron chi connectivity index (χ2n) is 3.78. The summed E-state index contributed by atoms with van der Waals surface area (Å²) in [7, 11) is 0. The van der Waals surface area contributed by atoms with Crippen LogP contribution in [0.2, 0.25) is 0 Å². The predicted molar refractivity (Wildman–Crippen MR) is 56.1 cm³/mol. The van der Waals surface area contributed by atoms with E-state index in [-0.39, 0.29) is 23.8 Å². The molecule has 1 heterocycles. The predicted octanol–water partition coefficient (Wildman–Crippen LogP) is -0.896. The zero-order valence-corrected chi connectivity index (χ0v) is 8.91.